The number of hydrogen-bond acceptors (Lipinski definition) is 5. The van der Waals surface area contributed by atoms with E-state index in [-0.39, 0.29) is 29.8 Å². The summed E-state index contributed by atoms with van der Waals surface area (Å²) in [6, 6.07) is -1.20. The molecule has 2 saturated heterocycles. The fourth-order valence-corrected chi connectivity index (χ4v) is 4.37. The number of carbonyl (C=O) groups is 2. The molecule has 0 spiro atoms. The molecule has 8 heteroatoms. The molecule has 0 bridgehead atoms. The minimum absolute atomic E-state index is 0.0374. The van der Waals surface area contributed by atoms with Crippen LogP contribution in [0.5, 0.6) is 0 Å². The molecular weight excluding hydrogens is 284 g/mol. The molecule has 7 nitrogen and oxygen atoms in total. The molecule has 2 aliphatic rings. The molecule has 0 aromatic carbocycles. The van der Waals surface area contributed by atoms with Gasteiger partial charge in [0.1, 0.15) is 6.04 Å². The van der Waals surface area contributed by atoms with Crippen LogP contribution in [-0.2, 0) is 19.4 Å². The standard InChI is InChI=1S/C12H20N2O5S/c1-8-2-4-14(11(8)12(16)17)10(15)6-9-7-20(18,19)5-3-13-9/h8-9,11,13H,2-7H2,1H3,(H,16,17). The summed E-state index contributed by atoms with van der Waals surface area (Å²) < 4.78 is 23.1. The summed E-state index contributed by atoms with van der Waals surface area (Å²) in [7, 11) is -3.09. The second kappa shape index (κ2) is 5.69. The van der Waals surface area contributed by atoms with Gasteiger partial charge in [-0.05, 0) is 12.3 Å². The van der Waals surface area contributed by atoms with Crippen molar-refractivity contribution in [3.05, 3.63) is 0 Å². The van der Waals surface area contributed by atoms with Crippen LogP contribution in [-0.4, -0.2) is 67.0 Å². The molecule has 20 heavy (non-hydrogen) atoms. The van der Waals surface area contributed by atoms with E-state index in [1.165, 1.54) is 4.90 Å². The lowest BCUT2D eigenvalue weighted by molar-refractivity contribution is -0.149. The van der Waals surface area contributed by atoms with Crippen LogP contribution in [0.25, 0.3) is 0 Å². The van der Waals surface area contributed by atoms with Crippen molar-refractivity contribution in [1.82, 2.24) is 10.2 Å². The SMILES string of the molecule is CC1CCN(C(=O)CC2CS(=O)(=O)CCN2)C1C(=O)O. The van der Waals surface area contributed by atoms with Crippen LogP contribution < -0.4 is 5.32 Å². The Morgan fingerprint density at radius 1 is 1.40 bits per heavy atom. The lowest BCUT2D eigenvalue weighted by atomic mass is 10.0. The van der Waals surface area contributed by atoms with Crippen LogP contribution in [0.2, 0.25) is 0 Å². The predicted octanol–water partition coefficient (Wildman–Crippen LogP) is -0.915. The topological polar surface area (TPSA) is 104 Å². The summed E-state index contributed by atoms with van der Waals surface area (Å²) in [5.41, 5.74) is 0. The molecule has 2 fully saturated rings. The third kappa shape index (κ3) is 3.29. The number of nitrogens with zero attached hydrogens (tertiary/aromatic N) is 1. The van der Waals surface area contributed by atoms with Crippen molar-refractivity contribution in [3.8, 4) is 0 Å². The highest BCUT2D eigenvalue weighted by Crippen LogP contribution is 2.25. The number of aliphatic carboxylic acids is 1. The van der Waals surface area contributed by atoms with Crippen LogP contribution >= 0.6 is 0 Å². The largest absolute Gasteiger partial charge is 0.480 e. The van der Waals surface area contributed by atoms with Gasteiger partial charge in [-0.15, -0.1) is 0 Å². The third-order valence-corrected chi connectivity index (χ3v) is 5.73. The van der Waals surface area contributed by atoms with E-state index in [2.05, 4.69) is 5.32 Å². The number of nitrogens with one attached hydrogen (secondary N) is 1. The Morgan fingerprint density at radius 2 is 2.10 bits per heavy atom. The van der Waals surface area contributed by atoms with Gasteiger partial charge in [-0.25, -0.2) is 13.2 Å². The molecule has 0 aliphatic carbocycles. The van der Waals surface area contributed by atoms with Crippen molar-refractivity contribution in [2.45, 2.75) is 31.8 Å². The molecule has 114 valence electrons. The maximum Gasteiger partial charge on any atom is 0.326 e. The van der Waals surface area contributed by atoms with Gasteiger partial charge in [-0.3, -0.25) is 4.79 Å². The van der Waals surface area contributed by atoms with Crippen LogP contribution in [0, 0.1) is 5.92 Å². The minimum Gasteiger partial charge on any atom is -0.480 e. The van der Waals surface area contributed by atoms with E-state index in [1.807, 2.05) is 6.92 Å². The molecule has 1 amide bonds. The highest BCUT2D eigenvalue weighted by molar-refractivity contribution is 7.91. The molecule has 0 aromatic rings. The third-order valence-electron chi connectivity index (χ3n) is 4.00. The normalized spacial score (nSPS) is 33.0. The fourth-order valence-electron chi connectivity index (χ4n) is 2.93. The van der Waals surface area contributed by atoms with Gasteiger partial charge >= 0.3 is 5.97 Å². The van der Waals surface area contributed by atoms with E-state index >= 15 is 0 Å². The number of hydrogen-bond donors (Lipinski definition) is 2. The van der Waals surface area contributed by atoms with Crippen LogP contribution in [0.15, 0.2) is 0 Å². The first-order valence-corrected chi connectivity index (χ1v) is 8.58. The number of rotatable bonds is 3. The molecule has 2 N–H and O–H groups in total. The summed E-state index contributed by atoms with van der Waals surface area (Å²) in [4.78, 5) is 24.8. The van der Waals surface area contributed by atoms with Crippen molar-refractivity contribution in [2.24, 2.45) is 5.92 Å². The van der Waals surface area contributed by atoms with E-state index in [4.69, 9.17) is 0 Å². The predicted molar refractivity (Wildman–Crippen MR) is 72.0 cm³/mol. The zero-order chi connectivity index (χ0) is 14.9. The second-order valence-electron chi connectivity index (χ2n) is 5.61. The quantitative estimate of drug-likeness (QED) is 0.699. The average molecular weight is 304 g/mol. The smallest absolute Gasteiger partial charge is 0.326 e. The molecule has 2 aliphatic heterocycles. The Kier molecular flexibility index (Phi) is 4.33. The lowest BCUT2D eigenvalue weighted by Gasteiger charge is -2.28. The van der Waals surface area contributed by atoms with E-state index in [0.29, 0.717) is 19.5 Å². The van der Waals surface area contributed by atoms with Crippen molar-refractivity contribution >= 4 is 21.7 Å². The first-order valence-electron chi connectivity index (χ1n) is 6.76. The Labute approximate surface area is 118 Å². The Morgan fingerprint density at radius 3 is 2.70 bits per heavy atom. The van der Waals surface area contributed by atoms with Crippen LogP contribution in [0.4, 0.5) is 0 Å². The monoisotopic (exact) mass is 304 g/mol. The maximum absolute atomic E-state index is 12.2. The molecule has 0 saturated carbocycles. The summed E-state index contributed by atoms with van der Waals surface area (Å²) in [5.74, 6) is -1.31. The van der Waals surface area contributed by atoms with E-state index in [1.54, 1.807) is 0 Å². The van der Waals surface area contributed by atoms with Gasteiger partial charge in [0.05, 0.1) is 11.5 Å². The summed E-state index contributed by atoms with van der Waals surface area (Å²) >= 11 is 0. The zero-order valence-electron chi connectivity index (χ0n) is 11.4. The first kappa shape index (κ1) is 15.2. The fraction of sp³-hybridized carbons (Fsp3) is 0.833. The summed E-state index contributed by atoms with van der Waals surface area (Å²) in [6.45, 7) is 2.59. The zero-order valence-corrected chi connectivity index (χ0v) is 12.2. The second-order valence-corrected chi connectivity index (χ2v) is 7.83. The maximum atomic E-state index is 12.2. The van der Waals surface area contributed by atoms with Crippen LogP contribution in [0.1, 0.15) is 19.8 Å². The molecule has 2 rings (SSSR count). The number of likely N-dealkylation sites (tertiary alicyclic amines) is 1. The van der Waals surface area contributed by atoms with E-state index in [9.17, 15) is 23.1 Å². The van der Waals surface area contributed by atoms with Gasteiger partial charge < -0.3 is 15.3 Å². The van der Waals surface area contributed by atoms with Gasteiger partial charge in [-0.1, -0.05) is 6.92 Å². The van der Waals surface area contributed by atoms with Crippen molar-refractivity contribution in [3.63, 3.8) is 0 Å². The van der Waals surface area contributed by atoms with Gasteiger partial charge in [0.25, 0.3) is 0 Å². The van der Waals surface area contributed by atoms with Gasteiger partial charge in [-0.2, -0.15) is 0 Å². The van der Waals surface area contributed by atoms with Crippen molar-refractivity contribution in [1.29, 1.82) is 0 Å². The number of carboxylic acid groups (broad SMARTS) is 1. The van der Waals surface area contributed by atoms with Gasteiger partial charge in [0, 0.05) is 25.6 Å². The number of carboxylic acids is 1. The molecule has 0 aromatic heterocycles. The first-order chi connectivity index (χ1) is 9.30. The number of sulfone groups is 1. The molecule has 3 unspecified atom stereocenters. The Bertz CT molecular complexity index is 504. The molecular formula is C12H20N2O5S. The van der Waals surface area contributed by atoms with Crippen molar-refractivity contribution < 1.29 is 23.1 Å². The van der Waals surface area contributed by atoms with Crippen LogP contribution in [0.3, 0.4) is 0 Å². The average Bonchev–Trinajstić information content (AvgIpc) is 2.69. The van der Waals surface area contributed by atoms with E-state index < -0.39 is 27.9 Å². The highest BCUT2D eigenvalue weighted by atomic mass is 32.2. The lowest BCUT2D eigenvalue weighted by Crippen LogP contribution is -2.49. The molecule has 0 radical (unpaired) electrons. The van der Waals surface area contributed by atoms with E-state index in [0.717, 1.165) is 0 Å². The van der Waals surface area contributed by atoms with Crippen molar-refractivity contribution in [2.75, 3.05) is 24.6 Å². The molecule has 2 heterocycles. The van der Waals surface area contributed by atoms with Gasteiger partial charge in [0.2, 0.25) is 5.91 Å². The number of amides is 1. The number of carbonyl (C=O) groups excluding carboxylic acids is 1. The highest BCUT2D eigenvalue weighted by Gasteiger charge is 2.40. The van der Waals surface area contributed by atoms with Gasteiger partial charge in [0.15, 0.2) is 9.84 Å². The summed E-state index contributed by atoms with van der Waals surface area (Å²) in [5, 5.41) is 12.2. The minimum atomic E-state index is -3.09. The Hall–Kier alpha value is -1.15. The Balaban J connectivity index is 1.99. The summed E-state index contributed by atoms with van der Waals surface area (Å²) in [6.07, 6.45) is 0.703. The molecule has 3 atom stereocenters.